The molecule has 2 aromatic carbocycles. The van der Waals surface area contributed by atoms with Crippen LogP contribution in [0.4, 0.5) is 22.9 Å². The van der Waals surface area contributed by atoms with Gasteiger partial charge in [0.05, 0.1) is 32.6 Å². The largest absolute Gasteiger partial charge is 1.00 e. The van der Waals surface area contributed by atoms with Crippen molar-refractivity contribution in [3.8, 4) is 11.8 Å². The van der Waals surface area contributed by atoms with E-state index in [0.717, 1.165) is 0 Å². The minimum absolute atomic E-state index is 0. The molecule has 1 amide bonds. The van der Waals surface area contributed by atoms with Gasteiger partial charge in [0.2, 0.25) is 5.91 Å². The molecule has 3 aromatic rings. The SMILES string of the molecule is CCN(CCCCS(=O)(=O)[O-])c1ccc(N=Nc2c(C#N)cnn2-c2cc(C)c(S(=O)(=O)[O-])cc2C)c(NC(C)=O)c1.[Na+].[Na+]. The number of benzene rings is 2. The van der Waals surface area contributed by atoms with E-state index in [-0.39, 0.29) is 99.0 Å². The standard InChI is InChI=1S/C26H31N7O7S2.2Na/c1-5-32(10-6-7-11-41(35,36)37)21-8-9-22(23(14-21)29-19(4)34)30-31-26-20(15-27)16-28-33(26)24-12-18(3)25(13-17(24)2)42(38,39)40;;/h8-9,12-14,16H,5-7,10-11H2,1-4H3,(H,29,34)(H,35,36,37)(H,38,39,40);;/q;2*+1/p-2. The van der Waals surface area contributed by atoms with Gasteiger partial charge in [-0.15, -0.1) is 10.2 Å². The van der Waals surface area contributed by atoms with E-state index in [2.05, 4.69) is 20.6 Å². The van der Waals surface area contributed by atoms with Crippen LogP contribution in [0.3, 0.4) is 0 Å². The normalized spacial score (nSPS) is 11.4. The molecule has 0 saturated heterocycles. The average Bonchev–Trinajstić information content (AvgIpc) is 3.30. The molecular formula is C26H29N7Na2O7S2. The number of carbonyl (C=O) groups excluding carboxylic acids is 1. The van der Waals surface area contributed by atoms with Crippen molar-refractivity contribution >= 4 is 49.0 Å². The molecule has 14 nitrogen and oxygen atoms in total. The number of anilines is 2. The molecule has 0 unspecified atom stereocenters. The summed E-state index contributed by atoms with van der Waals surface area (Å²) in [5, 5.41) is 25.1. The van der Waals surface area contributed by atoms with Gasteiger partial charge in [-0.2, -0.15) is 10.4 Å². The van der Waals surface area contributed by atoms with Crippen molar-refractivity contribution in [1.82, 2.24) is 9.78 Å². The summed E-state index contributed by atoms with van der Waals surface area (Å²) in [6, 6.07) is 9.71. The van der Waals surface area contributed by atoms with E-state index in [0.29, 0.717) is 42.1 Å². The van der Waals surface area contributed by atoms with Crippen molar-refractivity contribution in [3.05, 3.63) is 53.2 Å². The Kier molecular flexibility index (Phi) is 15.3. The summed E-state index contributed by atoms with van der Waals surface area (Å²) in [5.41, 5.74) is 2.36. The number of hydrogen-bond donors (Lipinski definition) is 1. The van der Waals surface area contributed by atoms with Crippen LogP contribution in [-0.4, -0.2) is 60.5 Å². The predicted octanol–water partition coefficient (Wildman–Crippen LogP) is -2.20. The second kappa shape index (κ2) is 16.9. The number of amides is 1. The monoisotopic (exact) mass is 661 g/mol. The van der Waals surface area contributed by atoms with Crippen molar-refractivity contribution in [3.63, 3.8) is 0 Å². The molecule has 1 aromatic heterocycles. The summed E-state index contributed by atoms with van der Waals surface area (Å²) in [4.78, 5) is 13.5. The fourth-order valence-corrected chi connectivity index (χ4v) is 5.55. The third-order valence-corrected chi connectivity index (χ3v) is 7.99. The quantitative estimate of drug-likeness (QED) is 0.0957. The Morgan fingerprint density at radius 1 is 1.07 bits per heavy atom. The first-order valence-corrected chi connectivity index (χ1v) is 15.7. The minimum atomic E-state index is -4.70. The number of nitrogens with zero attached hydrogens (tertiary/aromatic N) is 6. The third-order valence-electron chi connectivity index (χ3n) is 6.22. The average molecular weight is 662 g/mol. The summed E-state index contributed by atoms with van der Waals surface area (Å²) in [7, 11) is -8.98. The molecule has 224 valence electrons. The molecule has 0 bridgehead atoms. The molecule has 0 aliphatic carbocycles. The van der Waals surface area contributed by atoms with Crippen LogP contribution in [0.25, 0.3) is 5.69 Å². The number of nitrogens with one attached hydrogen (secondary N) is 1. The van der Waals surface area contributed by atoms with Gasteiger partial charge in [0.15, 0.2) is 5.82 Å². The van der Waals surface area contributed by atoms with Crippen LogP contribution in [0.2, 0.25) is 0 Å². The van der Waals surface area contributed by atoms with Crippen LogP contribution in [0.15, 0.2) is 51.7 Å². The van der Waals surface area contributed by atoms with E-state index in [1.54, 1.807) is 25.1 Å². The van der Waals surface area contributed by atoms with Crippen molar-refractivity contribution in [2.45, 2.75) is 45.4 Å². The molecule has 0 aliphatic rings. The van der Waals surface area contributed by atoms with Gasteiger partial charge in [-0.1, -0.05) is 0 Å². The molecule has 44 heavy (non-hydrogen) atoms. The van der Waals surface area contributed by atoms with E-state index in [1.165, 1.54) is 36.9 Å². The Hall–Kier alpha value is -2.17. The summed E-state index contributed by atoms with van der Waals surface area (Å²) >= 11 is 0. The fraction of sp³-hybridized carbons (Fsp3) is 0.346. The van der Waals surface area contributed by atoms with Gasteiger partial charge in [0.25, 0.3) is 0 Å². The molecule has 18 heteroatoms. The zero-order valence-electron chi connectivity index (χ0n) is 25.4. The zero-order valence-corrected chi connectivity index (χ0v) is 31.0. The van der Waals surface area contributed by atoms with Crippen molar-refractivity contribution in [1.29, 1.82) is 5.26 Å². The maximum atomic E-state index is 12.0. The summed E-state index contributed by atoms with van der Waals surface area (Å²) in [6.07, 6.45) is 1.96. The number of unbranched alkanes of at least 4 members (excludes halogenated alkanes) is 1. The van der Waals surface area contributed by atoms with E-state index in [9.17, 15) is 36.0 Å². The van der Waals surface area contributed by atoms with Crippen LogP contribution in [0, 0.1) is 25.2 Å². The maximum Gasteiger partial charge on any atom is 1.00 e. The van der Waals surface area contributed by atoms with Crippen LogP contribution in [0.1, 0.15) is 43.4 Å². The van der Waals surface area contributed by atoms with Gasteiger partial charge in [-0.3, -0.25) is 4.79 Å². The molecule has 3 rings (SSSR count). The number of aromatic nitrogens is 2. The van der Waals surface area contributed by atoms with Crippen molar-refractivity contribution in [2.75, 3.05) is 29.1 Å². The molecule has 1 N–H and O–H groups in total. The van der Waals surface area contributed by atoms with E-state index >= 15 is 0 Å². The first-order chi connectivity index (χ1) is 19.6. The summed E-state index contributed by atoms with van der Waals surface area (Å²) in [5.74, 6) is -0.767. The van der Waals surface area contributed by atoms with Crippen molar-refractivity contribution < 1.29 is 89.9 Å². The Morgan fingerprint density at radius 2 is 1.75 bits per heavy atom. The van der Waals surface area contributed by atoms with Crippen LogP contribution in [-0.2, 0) is 25.0 Å². The van der Waals surface area contributed by atoms with Gasteiger partial charge in [-0.25, -0.2) is 21.5 Å². The van der Waals surface area contributed by atoms with Gasteiger partial charge in [-0.05, 0) is 75.1 Å². The molecule has 0 saturated carbocycles. The Bertz CT molecular complexity index is 1790. The first-order valence-electron chi connectivity index (χ1n) is 12.7. The van der Waals surface area contributed by atoms with Crippen LogP contribution < -0.4 is 69.3 Å². The van der Waals surface area contributed by atoms with E-state index in [1.807, 2.05) is 17.9 Å². The molecule has 0 radical (unpaired) electrons. The smallest absolute Gasteiger partial charge is 0.748 e. The molecular weight excluding hydrogens is 632 g/mol. The third kappa shape index (κ3) is 10.7. The number of hydrogen-bond acceptors (Lipinski definition) is 12. The number of aryl methyl sites for hydroxylation is 2. The number of nitriles is 1. The van der Waals surface area contributed by atoms with Crippen molar-refractivity contribution in [2.24, 2.45) is 10.2 Å². The molecule has 0 atom stereocenters. The zero-order chi connectivity index (χ0) is 31.2. The van der Waals surface area contributed by atoms with Gasteiger partial charge in [0, 0.05) is 31.5 Å². The first kappa shape index (κ1) is 39.9. The Labute approximate surface area is 301 Å². The topological polar surface area (TPSA) is 213 Å². The van der Waals surface area contributed by atoms with Crippen LogP contribution in [0.5, 0.6) is 0 Å². The fourth-order valence-electron chi connectivity index (χ4n) is 4.22. The van der Waals surface area contributed by atoms with E-state index < -0.39 is 26.0 Å². The second-order valence-electron chi connectivity index (χ2n) is 9.39. The van der Waals surface area contributed by atoms with Gasteiger partial charge < -0.3 is 19.3 Å². The molecule has 0 spiro atoms. The summed E-state index contributed by atoms with van der Waals surface area (Å²) < 4.78 is 68.8. The number of carbonyl (C=O) groups is 1. The molecule has 1 heterocycles. The number of azo groups is 1. The van der Waals surface area contributed by atoms with Gasteiger partial charge in [0.1, 0.15) is 27.4 Å². The van der Waals surface area contributed by atoms with Gasteiger partial charge >= 0.3 is 59.1 Å². The minimum Gasteiger partial charge on any atom is -0.748 e. The number of rotatable bonds is 12. The maximum absolute atomic E-state index is 12.0. The summed E-state index contributed by atoms with van der Waals surface area (Å²) in [6.45, 7) is 7.33. The predicted molar refractivity (Wildman–Crippen MR) is 152 cm³/mol. The molecule has 0 aliphatic heterocycles. The second-order valence-corrected chi connectivity index (χ2v) is 12.3. The Morgan fingerprint density at radius 3 is 2.32 bits per heavy atom. The molecule has 0 fully saturated rings. The Balaban J connectivity index is 0.00000484. The van der Waals surface area contributed by atoms with E-state index in [4.69, 9.17) is 0 Å². The van der Waals surface area contributed by atoms with Crippen LogP contribution >= 0.6 is 0 Å².